The number of aryl methyl sites for hydroxylation is 2. The van der Waals surface area contributed by atoms with Gasteiger partial charge >= 0.3 is 0 Å². The fourth-order valence-electron chi connectivity index (χ4n) is 1.43. The second kappa shape index (κ2) is 4.58. The number of nitrogens with one attached hydrogen (secondary N) is 2. The van der Waals surface area contributed by atoms with Crippen LogP contribution in [0.4, 0.5) is 17.5 Å². The standard InChI is InChI=1S/C10H13ClN6/c1-6-8(5-17(3)16-6)14-9-7(11)4-13-10(12-2)15-9/h4-5H,1-3H3,(H2,12,13,14,15). The molecule has 0 saturated heterocycles. The minimum atomic E-state index is 0.465. The van der Waals surface area contributed by atoms with Crippen molar-refractivity contribution in [1.29, 1.82) is 0 Å². The average Bonchev–Trinajstić information content (AvgIpc) is 2.60. The Morgan fingerprint density at radius 1 is 1.41 bits per heavy atom. The van der Waals surface area contributed by atoms with E-state index in [9.17, 15) is 0 Å². The first-order valence-corrected chi connectivity index (χ1v) is 5.45. The van der Waals surface area contributed by atoms with Crippen LogP contribution < -0.4 is 10.6 Å². The zero-order valence-electron chi connectivity index (χ0n) is 9.82. The van der Waals surface area contributed by atoms with Crippen LogP contribution in [0.25, 0.3) is 0 Å². The van der Waals surface area contributed by atoms with Gasteiger partial charge in [-0.3, -0.25) is 4.68 Å². The molecule has 0 saturated carbocycles. The van der Waals surface area contributed by atoms with Crippen LogP contribution in [0.1, 0.15) is 5.69 Å². The highest BCUT2D eigenvalue weighted by atomic mass is 35.5. The topological polar surface area (TPSA) is 67.7 Å². The van der Waals surface area contributed by atoms with E-state index in [-0.39, 0.29) is 0 Å². The van der Waals surface area contributed by atoms with Crippen molar-refractivity contribution < 1.29 is 0 Å². The normalized spacial score (nSPS) is 10.4. The molecule has 90 valence electrons. The maximum atomic E-state index is 6.02. The summed E-state index contributed by atoms with van der Waals surface area (Å²) < 4.78 is 1.73. The lowest BCUT2D eigenvalue weighted by Crippen LogP contribution is -2.01. The molecular formula is C10H13ClN6. The van der Waals surface area contributed by atoms with Crippen molar-refractivity contribution in [2.75, 3.05) is 17.7 Å². The first kappa shape index (κ1) is 11.7. The lowest BCUT2D eigenvalue weighted by molar-refractivity contribution is 0.756. The lowest BCUT2D eigenvalue weighted by atomic mass is 10.4. The molecule has 0 fully saturated rings. The largest absolute Gasteiger partial charge is 0.357 e. The van der Waals surface area contributed by atoms with Crippen molar-refractivity contribution in [2.24, 2.45) is 7.05 Å². The van der Waals surface area contributed by atoms with Crippen LogP contribution >= 0.6 is 11.6 Å². The predicted molar refractivity (Wildman–Crippen MR) is 67.8 cm³/mol. The van der Waals surface area contributed by atoms with Crippen LogP contribution in [0, 0.1) is 6.92 Å². The van der Waals surface area contributed by atoms with Gasteiger partial charge in [0.25, 0.3) is 0 Å². The Balaban J connectivity index is 2.32. The first-order valence-electron chi connectivity index (χ1n) is 5.07. The second-order valence-corrected chi connectivity index (χ2v) is 3.97. The third-order valence-corrected chi connectivity index (χ3v) is 2.51. The number of aromatic nitrogens is 4. The third-order valence-electron chi connectivity index (χ3n) is 2.23. The summed E-state index contributed by atoms with van der Waals surface area (Å²) in [6, 6.07) is 0. The molecule has 0 amide bonds. The van der Waals surface area contributed by atoms with Crippen LogP contribution in [-0.2, 0) is 7.05 Å². The smallest absolute Gasteiger partial charge is 0.224 e. The van der Waals surface area contributed by atoms with E-state index in [1.165, 1.54) is 0 Å². The number of rotatable bonds is 3. The molecule has 0 unspecified atom stereocenters. The van der Waals surface area contributed by atoms with Gasteiger partial charge in [-0.2, -0.15) is 10.1 Å². The first-order chi connectivity index (χ1) is 8.10. The number of anilines is 3. The van der Waals surface area contributed by atoms with Gasteiger partial charge < -0.3 is 10.6 Å². The van der Waals surface area contributed by atoms with Gasteiger partial charge in [0, 0.05) is 20.3 Å². The van der Waals surface area contributed by atoms with Gasteiger partial charge in [0.15, 0.2) is 5.82 Å². The molecule has 2 N–H and O–H groups in total. The number of hydrogen-bond donors (Lipinski definition) is 2. The molecule has 7 heteroatoms. The van der Waals surface area contributed by atoms with E-state index in [1.54, 1.807) is 17.9 Å². The van der Waals surface area contributed by atoms with Crippen molar-refractivity contribution in [3.63, 3.8) is 0 Å². The van der Waals surface area contributed by atoms with Crippen LogP contribution in [0.3, 0.4) is 0 Å². The summed E-state index contributed by atoms with van der Waals surface area (Å²) in [6.45, 7) is 1.91. The van der Waals surface area contributed by atoms with Crippen LogP contribution in [0.5, 0.6) is 0 Å². The van der Waals surface area contributed by atoms with Crippen molar-refractivity contribution in [2.45, 2.75) is 6.92 Å². The fourth-order valence-corrected chi connectivity index (χ4v) is 1.56. The van der Waals surface area contributed by atoms with Gasteiger partial charge in [-0.1, -0.05) is 11.6 Å². The summed E-state index contributed by atoms with van der Waals surface area (Å²) in [4.78, 5) is 8.25. The van der Waals surface area contributed by atoms with Crippen LogP contribution in [0.2, 0.25) is 5.02 Å². The molecule has 0 aliphatic rings. The summed E-state index contributed by atoms with van der Waals surface area (Å²) in [5.74, 6) is 1.07. The minimum Gasteiger partial charge on any atom is -0.357 e. The Bertz CT molecular complexity index is 536. The molecule has 0 spiro atoms. The van der Waals surface area contributed by atoms with Gasteiger partial charge in [-0.25, -0.2) is 4.98 Å². The second-order valence-electron chi connectivity index (χ2n) is 3.57. The zero-order chi connectivity index (χ0) is 12.4. The summed E-state index contributed by atoms with van der Waals surface area (Å²) >= 11 is 6.02. The SMILES string of the molecule is CNc1ncc(Cl)c(Nc2cn(C)nc2C)n1. The number of nitrogens with zero attached hydrogens (tertiary/aromatic N) is 4. The van der Waals surface area contributed by atoms with Crippen molar-refractivity contribution >= 4 is 29.1 Å². The molecule has 0 aromatic carbocycles. The molecule has 0 bridgehead atoms. The van der Waals surface area contributed by atoms with E-state index < -0.39 is 0 Å². The molecule has 6 nitrogen and oxygen atoms in total. The van der Waals surface area contributed by atoms with Gasteiger partial charge in [0.05, 0.1) is 17.6 Å². The maximum Gasteiger partial charge on any atom is 0.224 e. The van der Waals surface area contributed by atoms with E-state index in [4.69, 9.17) is 11.6 Å². The average molecular weight is 253 g/mol. The molecule has 2 aromatic rings. The highest BCUT2D eigenvalue weighted by molar-refractivity contribution is 6.32. The van der Waals surface area contributed by atoms with Gasteiger partial charge in [-0.15, -0.1) is 0 Å². The molecule has 0 aliphatic carbocycles. The minimum absolute atomic E-state index is 0.465. The Morgan fingerprint density at radius 2 is 2.18 bits per heavy atom. The lowest BCUT2D eigenvalue weighted by Gasteiger charge is -2.07. The Labute approximate surface area is 104 Å². The van der Waals surface area contributed by atoms with Crippen molar-refractivity contribution in [3.05, 3.63) is 23.1 Å². The molecule has 2 heterocycles. The molecule has 17 heavy (non-hydrogen) atoms. The van der Waals surface area contributed by atoms with E-state index in [1.807, 2.05) is 20.2 Å². The molecule has 2 aromatic heterocycles. The zero-order valence-corrected chi connectivity index (χ0v) is 10.6. The third kappa shape index (κ3) is 2.47. The van der Waals surface area contributed by atoms with Gasteiger partial charge in [0.2, 0.25) is 5.95 Å². The molecule has 2 rings (SSSR count). The molecule has 0 aliphatic heterocycles. The monoisotopic (exact) mass is 252 g/mol. The molecular weight excluding hydrogens is 240 g/mol. The highest BCUT2D eigenvalue weighted by Crippen LogP contribution is 2.24. The quantitative estimate of drug-likeness (QED) is 0.874. The number of hydrogen-bond acceptors (Lipinski definition) is 5. The van der Waals surface area contributed by atoms with Gasteiger partial charge in [0.1, 0.15) is 5.02 Å². The van der Waals surface area contributed by atoms with Crippen LogP contribution in [0.15, 0.2) is 12.4 Å². The molecule has 0 radical (unpaired) electrons. The number of halogens is 1. The van der Waals surface area contributed by atoms with Crippen molar-refractivity contribution in [1.82, 2.24) is 19.7 Å². The highest BCUT2D eigenvalue weighted by Gasteiger charge is 2.08. The fraction of sp³-hybridized carbons (Fsp3) is 0.300. The Hall–Kier alpha value is -1.82. The predicted octanol–water partition coefficient (Wildman–Crippen LogP) is 1.96. The van der Waals surface area contributed by atoms with E-state index in [0.717, 1.165) is 11.4 Å². The van der Waals surface area contributed by atoms with Gasteiger partial charge in [-0.05, 0) is 6.92 Å². The van der Waals surface area contributed by atoms with Crippen LogP contribution in [-0.4, -0.2) is 26.8 Å². The summed E-state index contributed by atoms with van der Waals surface area (Å²) in [6.07, 6.45) is 3.42. The summed E-state index contributed by atoms with van der Waals surface area (Å²) in [7, 11) is 3.61. The summed E-state index contributed by atoms with van der Waals surface area (Å²) in [5, 5.41) is 10.7. The Morgan fingerprint density at radius 3 is 2.76 bits per heavy atom. The van der Waals surface area contributed by atoms with Crippen molar-refractivity contribution in [3.8, 4) is 0 Å². The van der Waals surface area contributed by atoms with E-state index >= 15 is 0 Å². The Kier molecular flexibility index (Phi) is 3.14. The maximum absolute atomic E-state index is 6.02. The van der Waals surface area contributed by atoms with E-state index in [2.05, 4.69) is 25.7 Å². The van der Waals surface area contributed by atoms with E-state index in [0.29, 0.717) is 16.8 Å². The summed E-state index contributed by atoms with van der Waals surface area (Å²) in [5.41, 5.74) is 1.75. The molecule has 0 atom stereocenters.